The van der Waals surface area contributed by atoms with E-state index in [4.69, 9.17) is 0 Å². The Morgan fingerprint density at radius 3 is 2.12 bits per heavy atom. The van der Waals surface area contributed by atoms with Gasteiger partial charge in [0.05, 0.1) is 0 Å². The van der Waals surface area contributed by atoms with Gasteiger partial charge < -0.3 is 0 Å². The van der Waals surface area contributed by atoms with Crippen LogP contribution >= 0.6 is 0 Å². The summed E-state index contributed by atoms with van der Waals surface area (Å²) in [5.41, 5.74) is 1.55. The first kappa shape index (κ1) is 13.1. The number of aryl methyl sites for hydroxylation is 1. The van der Waals surface area contributed by atoms with Crippen molar-refractivity contribution in [3.63, 3.8) is 0 Å². The molecule has 0 amide bonds. The van der Waals surface area contributed by atoms with E-state index in [-0.39, 0.29) is 0 Å². The molecule has 2 heteroatoms. The molecule has 2 nitrogen and oxygen atoms in total. The van der Waals surface area contributed by atoms with Crippen LogP contribution in [0.3, 0.4) is 0 Å². The Kier molecular flexibility index (Phi) is 4.45. The van der Waals surface area contributed by atoms with E-state index in [1.807, 2.05) is 12.4 Å². The molecule has 1 heterocycles. The third-order valence-corrected chi connectivity index (χ3v) is 2.44. The molecule has 0 aliphatic carbocycles. The summed E-state index contributed by atoms with van der Waals surface area (Å²) >= 11 is 0. The van der Waals surface area contributed by atoms with Crippen molar-refractivity contribution in [2.24, 2.45) is 11.3 Å². The van der Waals surface area contributed by atoms with E-state index in [1.165, 1.54) is 12.0 Å². The molecular formula is C14H24N2. The smallest absolute Gasteiger partial charge is 0.128 e. The Hall–Kier alpha value is -0.920. The van der Waals surface area contributed by atoms with Crippen LogP contribution in [-0.4, -0.2) is 9.97 Å². The van der Waals surface area contributed by atoms with E-state index < -0.39 is 0 Å². The topological polar surface area (TPSA) is 25.8 Å². The average Bonchev–Trinajstić information content (AvgIpc) is 2.14. The number of hydrogen-bond donors (Lipinski definition) is 0. The highest BCUT2D eigenvalue weighted by molar-refractivity contribution is 5.07. The minimum Gasteiger partial charge on any atom is -0.241 e. The molecule has 1 aromatic rings. The van der Waals surface area contributed by atoms with Gasteiger partial charge in [0.15, 0.2) is 0 Å². The molecular weight excluding hydrogens is 196 g/mol. The third-order valence-electron chi connectivity index (χ3n) is 2.44. The molecule has 0 spiro atoms. The minimum atomic E-state index is 0.308. The second-order valence-electron chi connectivity index (χ2n) is 6.18. The molecule has 0 atom stereocenters. The molecule has 0 N–H and O–H groups in total. The molecule has 0 bridgehead atoms. The molecule has 90 valence electrons. The predicted octanol–water partition coefficient (Wildman–Crippen LogP) is 3.65. The van der Waals surface area contributed by atoms with Gasteiger partial charge in [0.25, 0.3) is 0 Å². The number of rotatable bonds is 4. The van der Waals surface area contributed by atoms with Gasteiger partial charge in [-0.05, 0) is 29.7 Å². The summed E-state index contributed by atoms with van der Waals surface area (Å²) in [6.45, 7) is 11.2. The highest BCUT2D eigenvalue weighted by atomic mass is 14.9. The summed E-state index contributed by atoms with van der Waals surface area (Å²) in [4.78, 5) is 8.85. The summed E-state index contributed by atoms with van der Waals surface area (Å²) in [5.74, 6) is 1.70. The molecule has 0 unspecified atom stereocenters. The standard InChI is InChI=1S/C14H24N2/c1-11(2)6-7-13-15-9-12(10-16-13)8-14(3,4)5/h9-11H,6-8H2,1-5H3. The van der Waals surface area contributed by atoms with Crippen molar-refractivity contribution < 1.29 is 0 Å². The second kappa shape index (κ2) is 5.42. The summed E-state index contributed by atoms with van der Waals surface area (Å²) in [7, 11) is 0. The lowest BCUT2D eigenvalue weighted by Gasteiger charge is -2.17. The van der Waals surface area contributed by atoms with Crippen molar-refractivity contribution in [1.29, 1.82) is 0 Å². The molecule has 0 saturated carbocycles. The normalized spacial score (nSPS) is 12.1. The maximum Gasteiger partial charge on any atom is 0.128 e. The van der Waals surface area contributed by atoms with Gasteiger partial charge in [-0.25, -0.2) is 9.97 Å². The molecule has 0 fully saturated rings. The van der Waals surface area contributed by atoms with Crippen LogP contribution in [0.2, 0.25) is 0 Å². The lowest BCUT2D eigenvalue weighted by Crippen LogP contribution is -2.10. The third kappa shape index (κ3) is 5.24. The van der Waals surface area contributed by atoms with Crippen LogP contribution in [0.4, 0.5) is 0 Å². The van der Waals surface area contributed by atoms with Crippen molar-refractivity contribution >= 4 is 0 Å². The van der Waals surface area contributed by atoms with Gasteiger partial charge in [0, 0.05) is 18.8 Å². The van der Waals surface area contributed by atoms with Gasteiger partial charge in [0.2, 0.25) is 0 Å². The zero-order chi connectivity index (χ0) is 12.2. The molecule has 0 aromatic carbocycles. The fraction of sp³-hybridized carbons (Fsp3) is 0.714. The summed E-state index contributed by atoms with van der Waals surface area (Å²) in [6, 6.07) is 0. The number of nitrogens with zero attached hydrogens (tertiary/aromatic N) is 2. The van der Waals surface area contributed by atoms with Crippen LogP contribution in [0, 0.1) is 11.3 Å². The zero-order valence-electron chi connectivity index (χ0n) is 11.2. The molecule has 0 aliphatic heterocycles. The van der Waals surface area contributed by atoms with Crippen molar-refractivity contribution in [1.82, 2.24) is 9.97 Å². The van der Waals surface area contributed by atoms with Crippen LogP contribution in [0.5, 0.6) is 0 Å². The fourth-order valence-electron chi connectivity index (χ4n) is 1.63. The maximum absolute atomic E-state index is 4.42. The first-order valence-corrected chi connectivity index (χ1v) is 6.16. The highest BCUT2D eigenvalue weighted by Gasteiger charge is 2.11. The van der Waals surface area contributed by atoms with Crippen molar-refractivity contribution in [2.75, 3.05) is 0 Å². The van der Waals surface area contributed by atoms with E-state index in [9.17, 15) is 0 Å². The van der Waals surface area contributed by atoms with Crippen LogP contribution < -0.4 is 0 Å². The first-order valence-electron chi connectivity index (χ1n) is 6.16. The van der Waals surface area contributed by atoms with Crippen LogP contribution in [0.25, 0.3) is 0 Å². The van der Waals surface area contributed by atoms with Gasteiger partial charge in [-0.3, -0.25) is 0 Å². The molecule has 0 radical (unpaired) electrons. The van der Waals surface area contributed by atoms with Gasteiger partial charge >= 0.3 is 0 Å². The summed E-state index contributed by atoms with van der Waals surface area (Å²) in [6.07, 6.45) is 7.16. The fourth-order valence-corrected chi connectivity index (χ4v) is 1.63. The lowest BCUT2D eigenvalue weighted by atomic mass is 9.89. The number of hydrogen-bond acceptors (Lipinski definition) is 2. The van der Waals surface area contributed by atoms with E-state index in [1.54, 1.807) is 0 Å². The van der Waals surface area contributed by atoms with Crippen molar-refractivity contribution in [3.05, 3.63) is 23.8 Å². The van der Waals surface area contributed by atoms with E-state index in [2.05, 4.69) is 44.6 Å². The Bertz CT molecular complexity index is 307. The highest BCUT2D eigenvalue weighted by Crippen LogP contribution is 2.19. The van der Waals surface area contributed by atoms with Gasteiger partial charge in [-0.1, -0.05) is 34.6 Å². The molecule has 0 aliphatic rings. The molecule has 1 rings (SSSR count). The van der Waals surface area contributed by atoms with E-state index in [0.717, 1.165) is 24.6 Å². The SMILES string of the molecule is CC(C)CCc1ncc(CC(C)(C)C)cn1. The maximum atomic E-state index is 4.42. The second-order valence-corrected chi connectivity index (χ2v) is 6.18. The molecule has 1 aromatic heterocycles. The molecule has 16 heavy (non-hydrogen) atoms. The van der Waals surface area contributed by atoms with E-state index >= 15 is 0 Å². The summed E-state index contributed by atoms with van der Waals surface area (Å²) in [5, 5.41) is 0. The number of aromatic nitrogens is 2. The Labute approximate surface area is 99.5 Å². The van der Waals surface area contributed by atoms with Gasteiger partial charge in [0.1, 0.15) is 5.82 Å². The van der Waals surface area contributed by atoms with E-state index in [0.29, 0.717) is 5.41 Å². The van der Waals surface area contributed by atoms with Crippen LogP contribution in [-0.2, 0) is 12.8 Å². The largest absolute Gasteiger partial charge is 0.241 e. The van der Waals surface area contributed by atoms with Gasteiger partial charge in [-0.15, -0.1) is 0 Å². The zero-order valence-corrected chi connectivity index (χ0v) is 11.2. The Balaban J connectivity index is 2.54. The average molecular weight is 220 g/mol. The van der Waals surface area contributed by atoms with Gasteiger partial charge in [-0.2, -0.15) is 0 Å². The van der Waals surface area contributed by atoms with Crippen LogP contribution in [0.15, 0.2) is 12.4 Å². The quantitative estimate of drug-likeness (QED) is 0.774. The van der Waals surface area contributed by atoms with Crippen molar-refractivity contribution in [3.8, 4) is 0 Å². The summed E-state index contributed by atoms with van der Waals surface area (Å²) < 4.78 is 0. The monoisotopic (exact) mass is 220 g/mol. The first-order chi connectivity index (χ1) is 7.37. The van der Waals surface area contributed by atoms with Crippen molar-refractivity contribution in [2.45, 2.75) is 53.9 Å². The Morgan fingerprint density at radius 1 is 1.12 bits per heavy atom. The molecule has 0 saturated heterocycles. The Morgan fingerprint density at radius 2 is 1.69 bits per heavy atom. The minimum absolute atomic E-state index is 0.308. The predicted molar refractivity (Wildman–Crippen MR) is 68.4 cm³/mol. The lowest BCUT2D eigenvalue weighted by molar-refractivity contribution is 0.410. The van der Waals surface area contributed by atoms with Crippen LogP contribution in [0.1, 0.15) is 52.4 Å².